The number of alkyl halides is 3. The molecule has 78 valence electrons. The smallest absolute Gasteiger partial charge is 0.280 e. The Hall–Kier alpha value is -0.610. The lowest BCUT2D eigenvalue weighted by atomic mass is 10.2. The van der Waals surface area contributed by atoms with Gasteiger partial charge in [0.15, 0.2) is 5.75 Å². The summed E-state index contributed by atoms with van der Waals surface area (Å²) < 4.78 is 29.6. The molecule has 0 unspecified atom stereocenters. The quantitative estimate of drug-likeness (QED) is 0.757. The minimum Gasteiger partial charge on any atom is -0.494 e. The Balaban J connectivity index is 3.28. The van der Waals surface area contributed by atoms with E-state index >= 15 is 0 Å². The van der Waals surface area contributed by atoms with Crippen LogP contribution in [-0.2, 0) is 5.88 Å². The zero-order chi connectivity index (χ0) is 10.7. The lowest BCUT2D eigenvalue weighted by Crippen LogP contribution is -1.99. The molecule has 0 saturated heterocycles. The molecule has 1 rings (SSSR count). The number of hydrogen-bond acceptors (Lipinski definition) is 2. The molecule has 0 aliphatic carbocycles. The van der Waals surface area contributed by atoms with Gasteiger partial charge in [-0.25, -0.2) is 8.78 Å². The maximum Gasteiger partial charge on any atom is 0.280 e. The average molecular weight is 242 g/mol. The molecule has 0 amide bonds. The number of aromatic nitrogens is 1. The molecule has 0 radical (unpaired) electrons. The Labute approximate surface area is 89.8 Å². The van der Waals surface area contributed by atoms with Crippen LogP contribution in [0.3, 0.4) is 0 Å². The Morgan fingerprint density at radius 2 is 2.21 bits per heavy atom. The fraction of sp³-hybridized carbons (Fsp3) is 0.375. The lowest BCUT2D eigenvalue weighted by molar-refractivity contribution is 0.145. The van der Waals surface area contributed by atoms with Gasteiger partial charge in [-0.3, -0.25) is 4.98 Å². The van der Waals surface area contributed by atoms with E-state index < -0.39 is 12.1 Å². The Bertz CT molecular complexity index is 333. The van der Waals surface area contributed by atoms with Crippen LogP contribution in [0.25, 0.3) is 0 Å². The molecule has 14 heavy (non-hydrogen) atoms. The molecule has 0 N–H and O–H groups in total. The number of nitrogens with zero attached hydrogens (tertiary/aromatic N) is 1. The summed E-state index contributed by atoms with van der Waals surface area (Å²) in [5.74, 6) is 0.120. The van der Waals surface area contributed by atoms with Gasteiger partial charge < -0.3 is 4.74 Å². The van der Waals surface area contributed by atoms with Gasteiger partial charge in [0.2, 0.25) is 0 Å². The molecule has 0 bridgehead atoms. The number of pyridine rings is 1. The zero-order valence-corrected chi connectivity index (χ0v) is 8.74. The highest BCUT2D eigenvalue weighted by Gasteiger charge is 2.19. The van der Waals surface area contributed by atoms with Crippen LogP contribution in [0.1, 0.15) is 17.7 Å². The van der Waals surface area contributed by atoms with Crippen LogP contribution in [0.5, 0.6) is 5.75 Å². The highest BCUT2D eigenvalue weighted by Crippen LogP contribution is 2.33. The van der Waals surface area contributed by atoms with Crippen molar-refractivity contribution in [3.05, 3.63) is 22.5 Å². The van der Waals surface area contributed by atoms with Crippen LogP contribution >= 0.6 is 23.2 Å². The van der Waals surface area contributed by atoms with Crippen LogP contribution in [0.2, 0.25) is 5.02 Å². The third kappa shape index (κ3) is 2.07. The summed E-state index contributed by atoms with van der Waals surface area (Å²) in [6.45, 7) is 0. The summed E-state index contributed by atoms with van der Waals surface area (Å²) in [7, 11) is 1.38. The first-order chi connectivity index (χ1) is 6.61. The Morgan fingerprint density at radius 1 is 1.57 bits per heavy atom. The van der Waals surface area contributed by atoms with Crippen molar-refractivity contribution >= 4 is 23.2 Å². The SMILES string of the molecule is COc1cnc(C(F)F)c(CCl)c1Cl. The molecule has 0 fully saturated rings. The molecule has 0 atom stereocenters. The zero-order valence-electron chi connectivity index (χ0n) is 7.23. The first kappa shape index (κ1) is 11.5. The van der Waals surface area contributed by atoms with E-state index in [-0.39, 0.29) is 22.2 Å². The molecule has 0 spiro atoms. The molecule has 0 saturated carbocycles. The van der Waals surface area contributed by atoms with Crippen molar-refractivity contribution < 1.29 is 13.5 Å². The maximum absolute atomic E-state index is 12.4. The van der Waals surface area contributed by atoms with Crippen LogP contribution in [0.4, 0.5) is 8.78 Å². The van der Waals surface area contributed by atoms with Crippen LogP contribution < -0.4 is 4.74 Å². The summed E-state index contributed by atoms with van der Waals surface area (Å²) in [5, 5.41) is 0.0906. The van der Waals surface area contributed by atoms with Crippen molar-refractivity contribution in [2.24, 2.45) is 0 Å². The molecular weight excluding hydrogens is 235 g/mol. The number of halogens is 4. The molecule has 0 aliphatic rings. The fourth-order valence-corrected chi connectivity index (χ4v) is 1.61. The summed E-state index contributed by atoms with van der Waals surface area (Å²) >= 11 is 11.3. The van der Waals surface area contributed by atoms with Gasteiger partial charge in [0.25, 0.3) is 6.43 Å². The molecular formula is C8H7Cl2F2NO. The molecule has 2 nitrogen and oxygen atoms in total. The van der Waals surface area contributed by atoms with Crippen LogP contribution in [-0.4, -0.2) is 12.1 Å². The van der Waals surface area contributed by atoms with E-state index in [4.69, 9.17) is 27.9 Å². The lowest BCUT2D eigenvalue weighted by Gasteiger charge is -2.10. The third-order valence-electron chi connectivity index (χ3n) is 1.67. The van der Waals surface area contributed by atoms with Crippen LogP contribution in [0, 0.1) is 0 Å². The van der Waals surface area contributed by atoms with Gasteiger partial charge in [0.1, 0.15) is 5.69 Å². The van der Waals surface area contributed by atoms with Crippen molar-refractivity contribution in [3.63, 3.8) is 0 Å². The third-order valence-corrected chi connectivity index (χ3v) is 2.35. The second kappa shape index (κ2) is 4.75. The van der Waals surface area contributed by atoms with E-state index in [1.165, 1.54) is 7.11 Å². The molecule has 0 aromatic carbocycles. The van der Waals surface area contributed by atoms with Gasteiger partial charge in [-0.2, -0.15) is 0 Å². The van der Waals surface area contributed by atoms with Crippen molar-refractivity contribution in [1.82, 2.24) is 4.98 Å². The van der Waals surface area contributed by atoms with Crippen molar-refractivity contribution in [1.29, 1.82) is 0 Å². The standard InChI is InChI=1S/C8H7Cl2F2NO/c1-14-5-3-13-7(8(11)12)4(2-9)6(5)10/h3,8H,2H2,1H3. The maximum atomic E-state index is 12.4. The predicted molar refractivity (Wildman–Crippen MR) is 50.3 cm³/mol. The highest BCUT2D eigenvalue weighted by molar-refractivity contribution is 6.33. The topological polar surface area (TPSA) is 22.1 Å². The normalized spacial score (nSPS) is 10.7. The first-order valence-corrected chi connectivity index (χ1v) is 4.58. The Morgan fingerprint density at radius 3 is 2.64 bits per heavy atom. The monoisotopic (exact) mass is 241 g/mol. The van der Waals surface area contributed by atoms with Gasteiger partial charge in [0, 0.05) is 5.56 Å². The minimum atomic E-state index is -2.69. The summed E-state index contributed by atoms with van der Waals surface area (Å²) in [4.78, 5) is 3.54. The fourth-order valence-electron chi connectivity index (χ4n) is 0.981. The highest BCUT2D eigenvalue weighted by atomic mass is 35.5. The summed E-state index contributed by atoms with van der Waals surface area (Å²) in [6.07, 6.45) is -1.54. The van der Waals surface area contributed by atoms with E-state index in [0.717, 1.165) is 6.20 Å². The van der Waals surface area contributed by atoms with Crippen molar-refractivity contribution in [2.45, 2.75) is 12.3 Å². The molecule has 1 aromatic rings. The predicted octanol–water partition coefficient (Wildman–Crippen LogP) is 3.42. The molecule has 6 heteroatoms. The van der Waals surface area contributed by atoms with Gasteiger partial charge >= 0.3 is 0 Å². The average Bonchev–Trinajstić information content (AvgIpc) is 2.17. The summed E-state index contributed by atoms with van der Waals surface area (Å²) in [5.41, 5.74) is -0.284. The van der Waals surface area contributed by atoms with Gasteiger partial charge in [-0.15, -0.1) is 11.6 Å². The summed E-state index contributed by atoms with van der Waals surface area (Å²) in [6, 6.07) is 0. The number of hydrogen-bond donors (Lipinski definition) is 0. The second-order valence-electron chi connectivity index (χ2n) is 2.44. The van der Waals surface area contributed by atoms with E-state index in [0.29, 0.717) is 0 Å². The largest absolute Gasteiger partial charge is 0.494 e. The van der Waals surface area contributed by atoms with E-state index in [1.807, 2.05) is 0 Å². The Kier molecular flexibility index (Phi) is 3.89. The van der Waals surface area contributed by atoms with Gasteiger partial charge in [-0.1, -0.05) is 11.6 Å². The van der Waals surface area contributed by atoms with E-state index in [2.05, 4.69) is 4.98 Å². The molecule has 1 heterocycles. The molecule has 1 aromatic heterocycles. The first-order valence-electron chi connectivity index (χ1n) is 3.67. The van der Waals surface area contributed by atoms with Gasteiger partial charge in [-0.05, 0) is 0 Å². The minimum absolute atomic E-state index is 0.0906. The van der Waals surface area contributed by atoms with E-state index in [9.17, 15) is 8.78 Å². The molecule has 0 aliphatic heterocycles. The van der Waals surface area contributed by atoms with Gasteiger partial charge in [0.05, 0.1) is 24.2 Å². The number of ether oxygens (including phenoxy) is 1. The number of rotatable bonds is 3. The second-order valence-corrected chi connectivity index (χ2v) is 3.08. The number of methoxy groups -OCH3 is 1. The van der Waals surface area contributed by atoms with E-state index in [1.54, 1.807) is 0 Å². The van der Waals surface area contributed by atoms with Crippen molar-refractivity contribution in [3.8, 4) is 5.75 Å². The van der Waals surface area contributed by atoms with Crippen LogP contribution in [0.15, 0.2) is 6.20 Å². The van der Waals surface area contributed by atoms with Crippen molar-refractivity contribution in [2.75, 3.05) is 7.11 Å².